The molecule has 0 aliphatic heterocycles. The number of benzene rings is 3. The number of esters is 1. The van der Waals surface area contributed by atoms with Crippen molar-refractivity contribution in [2.75, 3.05) is 25.5 Å². The lowest BCUT2D eigenvalue weighted by Crippen LogP contribution is -2.34. The molecule has 0 fully saturated rings. The number of hydrogen-bond acceptors (Lipinski definition) is 4. The van der Waals surface area contributed by atoms with Crippen molar-refractivity contribution in [3.63, 3.8) is 0 Å². The standard InChI is InChI=1S/C25H25FN2O3/c1-3-31-25(30)20-11-15-22(16-12-20)27-23(29)17-28(2)24(18-7-5-4-6-8-18)19-9-13-21(26)14-10-19/h4-16,24H,3,17H2,1-2H3,(H,27,29). The number of anilines is 1. The largest absolute Gasteiger partial charge is 0.462 e. The number of amides is 1. The van der Waals surface area contributed by atoms with Crippen LogP contribution in [0.4, 0.5) is 10.1 Å². The van der Waals surface area contributed by atoms with E-state index in [0.29, 0.717) is 17.9 Å². The second-order valence-corrected chi connectivity index (χ2v) is 7.13. The van der Waals surface area contributed by atoms with Crippen molar-refractivity contribution in [1.82, 2.24) is 4.90 Å². The van der Waals surface area contributed by atoms with Crippen LogP contribution in [-0.2, 0) is 9.53 Å². The molecule has 3 rings (SSSR count). The van der Waals surface area contributed by atoms with E-state index in [4.69, 9.17) is 4.74 Å². The highest BCUT2D eigenvalue weighted by molar-refractivity contribution is 5.94. The van der Waals surface area contributed by atoms with Crippen molar-refractivity contribution in [3.8, 4) is 0 Å². The van der Waals surface area contributed by atoms with Crippen molar-refractivity contribution in [1.29, 1.82) is 0 Å². The third-order valence-electron chi connectivity index (χ3n) is 4.81. The van der Waals surface area contributed by atoms with Crippen molar-refractivity contribution < 1.29 is 18.7 Å². The van der Waals surface area contributed by atoms with Gasteiger partial charge < -0.3 is 10.1 Å². The lowest BCUT2D eigenvalue weighted by atomic mass is 9.97. The molecule has 31 heavy (non-hydrogen) atoms. The predicted molar refractivity (Wildman–Crippen MR) is 118 cm³/mol. The molecule has 1 amide bonds. The van der Waals surface area contributed by atoms with Gasteiger partial charge in [-0.05, 0) is 61.5 Å². The van der Waals surface area contributed by atoms with Gasteiger partial charge in [0.05, 0.1) is 24.8 Å². The molecule has 160 valence electrons. The topological polar surface area (TPSA) is 58.6 Å². The average molecular weight is 420 g/mol. The van der Waals surface area contributed by atoms with Gasteiger partial charge in [0.25, 0.3) is 0 Å². The zero-order valence-corrected chi connectivity index (χ0v) is 17.5. The van der Waals surface area contributed by atoms with E-state index >= 15 is 0 Å². The summed E-state index contributed by atoms with van der Waals surface area (Å²) < 4.78 is 18.4. The van der Waals surface area contributed by atoms with Gasteiger partial charge in [0.1, 0.15) is 5.82 Å². The fraction of sp³-hybridized carbons (Fsp3) is 0.200. The lowest BCUT2D eigenvalue weighted by Gasteiger charge is -2.28. The Hall–Kier alpha value is -3.51. The molecule has 0 aliphatic carbocycles. The van der Waals surface area contributed by atoms with Crippen LogP contribution in [0.3, 0.4) is 0 Å². The number of likely N-dealkylation sites (N-methyl/N-ethyl adjacent to an activating group) is 1. The quantitative estimate of drug-likeness (QED) is 0.539. The Kier molecular flexibility index (Phi) is 7.51. The van der Waals surface area contributed by atoms with E-state index in [0.717, 1.165) is 11.1 Å². The second kappa shape index (κ2) is 10.5. The maximum absolute atomic E-state index is 13.4. The van der Waals surface area contributed by atoms with E-state index in [2.05, 4.69) is 5.32 Å². The third-order valence-corrected chi connectivity index (χ3v) is 4.81. The number of nitrogens with zero attached hydrogens (tertiary/aromatic N) is 1. The molecule has 1 unspecified atom stereocenters. The van der Waals surface area contributed by atoms with Crippen LogP contribution in [0.25, 0.3) is 0 Å². The van der Waals surface area contributed by atoms with Crippen LogP contribution < -0.4 is 5.32 Å². The average Bonchev–Trinajstić information content (AvgIpc) is 2.76. The predicted octanol–water partition coefficient (Wildman–Crippen LogP) is 4.66. The molecule has 6 heteroatoms. The maximum Gasteiger partial charge on any atom is 0.338 e. The van der Waals surface area contributed by atoms with Gasteiger partial charge in [-0.2, -0.15) is 0 Å². The van der Waals surface area contributed by atoms with Gasteiger partial charge in [-0.15, -0.1) is 0 Å². The minimum atomic E-state index is -0.398. The highest BCUT2D eigenvalue weighted by atomic mass is 19.1. The molecular formula is C25H25FN2O3. The van der Waals surface area contributed by atoms with Gasteiger partial charge in [-0.1, -0.05) is 42.5 Å². The summed E-state index contributed by atoms with van der Waals surface area (Å²) in [5.74, 6) is -0.901. The van der Waals surface area contributed by atoms with Crippen LogP contribution in [0.2, 0.25) is 0 Å². The molecule has 0 heterocycles. The SMILES string of the molecule is CCOC(=O)c1ccc(NC(=O)CN(C)C(c2ccccc2)c2ccc(F)cc2)cc1. The van der Waals surface area contributed by atoms with Crippen LogP contribution in [0.15, 0.2) is 78.9 Å². The lowest BCUT2D eigenvalue weighted by molar-refractivity contribution is -0.117. The zero-order valence-electron chi connectivity index (χ0n) is 17.5. The fourth-order valence-electron chi connectivity index (χ4n) is 3.40. The first-order valence-corrected chi connectivity index (χ1v) is 10.1. The molecule has 0 aromatic heterocycles. The molecule has 0 saturated carbocycles. The van der Waals surface area contributed by atoms with Gasteiger partial charge in [0, 0.05) is 5.69 Å². The van der Waals surface area contributed by atoms with E-state index in [1.54, 1.807) is 43.3 Å². The molecule has 3 aromatic rings. The summed E-state index contributed by atoms with van der Waals surface area (Å²) in [6.45, 7) is 2.18. The summed E-state index contributed by atoms with van der Waals surface area (Å²) in [6.07, 6.45) is 0. The Balaban J connectivity index is 1.71. The summed E-state index contributed by atoms with van der Waals surface area (Å²) in [5.41, 5.74) is 2.91. The number of ether oxygens (including phenoxy) is 1. The monoisotopic (exact) mass is 420 g/mol. The Morgan fingerprint density at radius 3 is 2.16 bits per heavy atom. The van der Waals surface area contributed by atoms with Gasteiger partial charge in [-0.25, -0.2) is 9.18 Å². The number of carbonyl (C=O) groups is 2. The van der Waals surface area contributed by atoms with Gasteiger partial charge in [0.2, 0.25) is 5.91 Å². The summed E-state index contributed by atoms with van der Waals surface area (Å²) >= 11 is 0. The smallest absolute Gasteiger partial charge is 0.338 e. The Morgan fingerprint density at radius 2 is 1.55 bits per heavy atom. The molecule has 1 atom stereocenters. The number of rotatable bonds is 8. The Morgan fingerprint density at radius 1 is 0.935 bits per heavy atom. The first-order chi connectivity index (χ1) is 15.0. The normalized spacial score (nSPS) is 11.7. The summed E-state index contributed by atoms with van der Waals surface area (Å²) in [6, 6.07) is 22.4. The molecule has 0 aliphatic rings. The Bertz CT molecular complexity index is 1010. The van der Waals surface area contributed by atoms with Crippen LogP contribution in [-0.4, -0.2) is 37.0 Å². The van der Waals surface area contributed by atoms with Crippen LogP contribution in [0.5, 0.6) is 0 Å². The van der Waals surface area contributed by atoms with Crippen LogP contribution >= 0.6 is 0 Å². The fourth-order valence-corrected chi connectivity index (χ4v) is 3.40. The van der Waals surface area contributed by atoms with Crippen LogP contribution in [0.1, 0.15) is 34.5 Å². The van der Waals surface area contributed by atoms with Gasteiger partial charge in [0.15, 0.2) is 0 Å². The van der Waals surface area contributed by atoms with Crippen molar-refractivity contribution in [2.24, 2.45) is 0 Å². The van der Waals surface area contributed by atoms with E-state index < -0.39 is 5.97 Å². The van der Waals surface area contributed by atoms with Crippen molar-refractivity contribution in [3.05, 3.63) is 101 Å². The van der Waals surface area contributed by atoms with E-state index in [1.165, 1.54) is 12.1 Å². The molecule has 3 aromatic carbocycles. The van der Waals surface area contributed by atoms with Gasteiger partial charge in [-0.3, -0.25) is 9.69 Å². The highest BCUT2D eigenvalue weighted by Gasteiger charge is 2.21. The molecule has 1 N–H and O–H groups in total. The molecule has 0 radical (unpaired) electrons. The second-order valence-electron chi connectivity index (χ2n) is 7.13. The molecule has 0 saturated heterocycles. The van der Waals surface area contributed by atoms with Gasteiger partial charge >= 0.3 is 5.97 Å². The third kappa shape index (κ3) is 5.99. The molecule has 5 nitrogen and oxygen atoms in total. The molecule has 0 spiro atoms. The molecular weight excluding hydrogens is 395 g/mol. The van der Waals surface area contributed by atoms with Crippen LogP contribution in [0, 0.1) is 5.82 Å². The summed E-state index contributed by atoms with van der Waals surface area (Å²) in [5, 5.41) is 2.85. The zero-order chi connectivity index (χ0) is 22.2. The molecule has 0 bridgehead atoms. The number of hydrogen-bond donors (Lipinski definition) is 1. The Labute approximate surface area is 181 Å². The first-order valence-electron chi connectivity index (χ1n) is 10.1. The number of carbonyl (C=O) groups excluding carboxylic acids is 2. The van der Waals surface area contributed by atoms with Crippen molar-refractivity contribution >= 4 is 17.6 Å². The van der Waals surface area contributed by atoms with E-state index in [1.807, 2.05) is 42.3 Å². The highest BCUT2D eigenvalue weighted by Crippen LogP contribution is 2.27. The minimum absolute atomic E-state index is 0.122. The first kappa shape index (κ1) is 22.2. The minimum Gasteiger partial charge on any atom is -0.462 e. The van der Waals surface area contributed by atoms with Crippen molar-refractivity contribution in [2.45, 2.75) is 13.0 Å². The maximum atomic E-state index is 13.4. The summed E-state index contributed by atoms with van der Waals surface area (Å²) in [7, 11) is 1.85. The van der Waals surface area contributed by atoms with E-state index in [9.17, 15) is 14.0 Å². The summed E-state index contributed by atoms with van der Waals surface area (Å²) in [4.78, 5) is 26.3. The number of halogens is 1. The number of nitrogens with one attached hydrogen (secondary N) is 1. The van der Waals surface area contributed by atoms with E-state index in [-0.39, 0.29) is 24.3 Å².